The number of rotatable bonds is 3. The zero-order valence-electron chi connectivity index (χ0n) is 19.0. The second kappa shape index (κ2) is 7.66. The molecule has 1 amide bonds. The van der Waals surface area contributed by atoms with Crippen molar-refractivity contribution < 1.29 is 14.3 Å². The maximum absolute atomic E-state index is 13.3. The van der Waals surface area contributed by atoms with Gasteiger partial charge in [-0.15, -0.1) is 0 Å². The number of hydrogen-bond acceptors (Lipinski definition) is 5. The van der Waals surface area contributed by atoms with Crippen LogP contribution in [0.2, 0.25) is 0 Å². The first-order valence-corrected chi connectivity index (χ1v) is 11.5. The molecule has 5 rings (SSSR count). The summed E-state index contributed by atoms with van der Waals surface area (Å²) in [6, 6.07) is 5.99. The molecule has 0 saturated heterocycles. The molecule has 1 fully saturated rings. The summed E-state index contributed by atoms with van der Waals surface area (Å²) >= 11 is 0. The van der Waals surface area contributed by atoms with Gasteiger partial charge in [0.2, 0.25) is 0 Å². The van der Waals surface area contributed by atoms with E-state index in [1.807, 2.05) is 39.0 Å². The number of amides is 1. The van der Waals surface area contributed by atoms with E-state index in [1.54, 1.807) is 4.90 Å². The van der Waals surface area contributed by atoms with E-state index in [0.29, 0.717) is 35.7 Å². The van der Waals surface area contributed by atoms with Crippen LogP contribution in [-0.2, 0) is 13.0 Å². The first-order valence-electron chi connectivity index (χ1n) is 11.5. The van der Waals surface area contributed by atoms with Crippen molar-refractivity contribution in [3.63, 3.8) is 0 Å². The summed E-state index contributed by atoms with van der Waals surface area (Å²) in [5.41, 5.74) is 9.90. The van der Waals surface area contributed by atoms with Crippen LogP contribution in [0.4, 0.5) is 0 Å². The number of aromatic amines is 1. The van der Waals surface area contributed by atoms with Gasteiger partial charge in [0, 0.05) is 42.2 Å². The molecule has 1 atom stereocenters. The van der Waals surface area contributed by atoms with E-state index in [9.17, 15) is 9.59 Å². The third kappa shape index (κ3) is 3.58. The summed E-state index contributed by atoms with van der Waals surface area (Å²) < 4.78 is 12.6. The highest BCUT2D eigenvalue weighted by molar-refractivity contribution is 5.97. The lowest BCUT2D eigenvalue weighted by Crippen LogP contribution is -2.46. The van der Waals surface area contributed by atoms with Crippen molar-refractivity contribution in [3.05, 3.63) is 56.5 Å². The molecule has 3 heterocycles. The molecule has 3 N–H and O–H groups in total. The number of carbonyl (C=O) groups excluding carboxylic acids is 1. The first kappa shape index (κ1) is 21.1. The fourth-order valence-electron chi connectivity index (χ4n) is 5.38. The lowest BCUT2D eigenvalue weighted by molar-refractivity contribution is -0.120. The van der Waals surface area contributed by atoms with E-state index in [0.717, 1.165) is 48.9 Å². The monoisotopic (exact) mass is 437 g/mol. The van der Waals surface area contributed by atoms with Crippen molar-refractivity contribution in [2.24, 2.45) is 11.7 Å². The number of fused-ring (bicyclic) bond motifs is 2. The molecule has 1 aromatic heterocycles. The van der Waals surface area contributed by atoms with Crippen LogP contribution in [0.1, 0.15) is 65.3 Å². The summed E-state index contributed by atoms with van der Waals surface area (Å²) in [4.78, 5) is 30.3. The van der Waals surface area contributed by atoms with Gasteiger partial charge < -0.3 is 25.1 Å². The number of nitrogens with one attached hydrogen (secondary N) is 1. The zero-order chi connectivity index (χ0) is 22.6. The van der Waals surface area contributed by atoms with Gasteiger partial charge in [0.25, 0.3) is 17.3 Å². The number of pyridine rings is 1. The van der Waals surface area contributed by atoms with Crippen LogP contribution >= 0.6 is 0 Å². The summed E-state index contributed by atoms with van der Waals surface area (Å²) in [7, 11) is 0. The Morgan fingerprint density at radius 3 is 2.47 bits per heavy atom. The Bertz CT molecular complexity index is 1130. The number of aromatic nitrogens is 1. The van der Waals surface area contributed by atoms with Gasteiger partial charge in [-0.2, -0.15) is 0 Å². The second-order valence-electron chi connectivity index (χ2n) is 9.71. The fraction of sp³-hybridized carbons (Fsp3) is 0.520. The quantitative estimate of drug-likeness (QED) is 0.769. The van der Waals surface area contributed by atoms with Crippen molar-refractivity contribution in [3.8, 4) is 11.5 Å². The Morgan fingerprint density at radius 1 is 1.09 bits per heavy atom. The molecule has 0 bridgehead atoms. The Morgan fingerprint density at radius 2 is 1.78 bits per heavy atom. The normalized spacial score (nSPS) is 26.9. The highest BCUT2D eigenvalue weighted by atomic mass is 16.7. The molecule has 1 aliphatic carbocycles. The molecule has 170 valence electrons. The van der Waals surface area contributed by atoms with Gasteiger partial charge in [-0.3, -0.25) is 9.59 Å². The zero-order valence-corrected chi connectivity index (χ0v) is 19.0. The van der Waals surface area contributed by atoms with Gasteiger partial charge in [0.05, 0.1) is 6.54 Å². The summed E-state index contributed by atoms with van der Waals surface area (Å²) in [5, 5.41) is 0. The molecule has 0 radical (unpaired) electrons. The molecular formula is C25H31N3O4. The SMILES string of the molecule is Cc1cc(C)c(CN2CCc3cc4c(cc3C2=O)OC(C)(C2CCC(N)CC2)O4)c(=O)[nH]1. The minimum absolute atomic E-state index is 0.0748. The maximum atomic E-state index is 13.3. The van der Waals surface area contributed by atoms with E-state index in [-0.39, 0.29) is 23.4 Å². The smallest absolute Gasteiger partial charge is 0.254 e. The van der Waals surface area contributed by atoms with Gasteiger partial charge in [-0.1, -0.05) is 0 Å². The molecular weight excluding hydrogens is 406 g/mol. The Kier molecular flexibility index (Phi) is 5.04. The van der Waals surface area contributed by atoms with E-state index in [2.05, 4.69) is 4.98 Å². The minimum atomic E-state index is -0.721. The number of H-pyrrole nitrogens is 1. The van der Waals surface area contributed by atoms with Crippen molar-refractivity contribution in [2.45, 2.75) is 71.2 Å². The predicted molar refractivity (Wildman–Crippen MR) is 121 cm³/mol. The number of ether oxygens (including phenoxy) is 2. The molecule has 7 heteroatoms. The minimum Gasteiger partial charge on any atom is -0.448 e. The predicted octanol–water partition coefficient (Wildman–Crippen LogP) is 3.20. The number of hydrogen-bond donors (Lipinski definition) is 2. The van der Waals surface area contributed by atoms with Crippen molar-refractivity contribution in [1.29, 1.82) is 0 Å². The lowest BCUT2D eigenvalue weighted by Gasteiger charge is -2.36. The largest absolute Gasteiger partial charge is 0.448 e. The molecule has 1 aromatic carbocycles. The average molecular weight is 438 g/mol. The molecule has 7 nitrogen and oxygen atoms in total. The second-order valence-corrected chi connectivity index (χ2v) is 9.71. The van der Waals surface area contributed by atoms with Crippen LogP contribution in [0.5, 0.6) is 11.5 Å². The third-order valence-electron chi connectivity index (χ3n) is 7.32. The molecule has 3 aliphatic rings. The maximum Gasteiger partial charge on any atom is 0.254 e. The van der Waals surface area contributed by atoms with E-state index in [4.69, 9.17) is 15.2 Å². The summed E-state index contributed by atoms with van der Waals surface area (Å²) in [5.74, 6) is 0.819. The number of nitrogens with zero attached hydrogens (tertiary/aromatic N) is 1. The molecule has 1 saturated carbocycles. The fourth-order valence-corrected chi connectivity index (χ4v) is 5.38. The van der Waals surface area contributed by atoms with E-state index in [1.165, 1.54) is 0 Å². The van der Waals surface area contributed by atoms with Crippen LogP contribution in [0.3, 0.4) is 0 Å². The topological polar surface area (TPSA) is 97.7 Å². The Labute approximate surface area is 187 Å². The van der Waals surface area contributed by atoms with Crippen LogP contribution in [0.15, 0.2) is 23.0 Å². The van der Waals surface area contributed by atoms with E-state index >= 15 is 0 Å². The van der Waals surface area contributed by atoms with Gasteiger partial charge in [0.1, 0.15) is 0 Å². The molecule has 32 heavy (non-hydrogen) atoms. The molecule has 2 aromatic rings. The lowest BCUT2D eigenvalue weighted by atomic mass is 9.81. The number of nitrogens with two attached hydrogens (primary N) is 1. The number of aryl methyl sites for hydroxylation is 2. The van der Waals surface area contributed by atoms with Crippen LogP contribution < -0.4 is 20.8 Å². The van der Waals surface area contributed by atoms with Gasteiger partial charge in [0.15, 0.2) is 11.5 Å². The van der Waals surface area contributed by atoms with Crippen LogP contribution in [0.25, 0.3) is 0 Å². The molecule has 1 unspecified atom stereocenters. The Balaban J connectivity index is 1.38. The highest BCUT2D eigenvalue weighted by Gasteiger charge is 2.46. The van der Waals surface area contributed by atoms with Crippen molar-refractivity contribution in [1.82, 2.24) is 9.88 Å². The van der Waals surface area contributed by atoms with Crippen molar-refractivity contribution >= 4 is 5.91 Å². The van der Waals surface area contributed by atoms with Crippen LogP contribution in [0, 0.1) is 19.8 Å². The highest BCUT2D eigenvalue weighted by Crippen LogP contribution is 2.47. The Hall–Kier alpha value is -2.80. The molecule has 2 aliphatic heterocycles. The summed E-state index contributed by atoms with van der Waals surface area (Å²) in [6.07, 6.45) is 4.62. The van der Waals surface area contributed by atoms with Gasteiger partial charge in [-0.25, -0.2) is 0 Å². The molecule has 0 spiro atoms. The number of carbonyl (C=O) groups is 1. The van der Waals surface area contributed by atoms with E-state index < -0.39 is 5.79 Å². The average Bonchev–Trinajstić information content (AvgIpc) is 3.07. The van der Waals surface area contributed by atoms with Gasteiger partial charge >= 0.3 is 0 Å². The standard InChI is InChI=1S/C25H31N3O4/c1-14-10-15(2)27-23(29)20(14)13-28-9-8-16-11-21-22(12-19(16)24(28)30)32-25(3,31-21)17-4-6-18(26)7-5-17/h10-12,17-18H,4-9,13,26H2,1-3H3,(H,27,29). The first-order chi connectivity index (χ1) is 15.2. The third-order valence-corrected chi connectivity index (χ3v) is 7.32. The van der Waals surface area contributed by atoms with Gasteiger partial charge in [-0.05, 0) is 75.3 Å². The summed E-state index contributed by atoms with van der Waals surface area (Å²) in [6.45, 7) is 6.63. The number of benzene rings is 1. The van der Waals surface area contributed by atoms with Crippen LogP contribution in [-0.4, -0.2) is 34.2 Å². The van der Waals surface area contributed by atoms with Crippen molar-refractivity contribution in [2.75, 3.05) is 6.54 Å².